The molecule has 6 heteroatoms. The number of rotatable bonds is 8. The highest BCUT2D eigenvalue weighted by Gasteiger charge is 2.21. The second kappa shape index (κ2) is 9.20. The fourth-order valence-electron chi connectivity index (χ4n) is 2.65. The van der Waals surface area contributed by atoms with E-state index in [1.807, 2.05) is 43.3 Å². The van der Waals surface area contributed by atoms with E-state index in [1.165, 1.54) is 12.1 Å². The molecular formula is C20H25FN2O3. The third kappa shape index (κ3) is 5.20. The van der Waals surface area contributed by atoms with Crippen molar-refractivity contribution in [3.05, 3.63) is 59.9 Å². The Bertz CT molecular complexity index is 737. The van der Waals surface area contributed by atoms with Crippen molar-refractivity contribution in [3.8, 4) is 11.5 Å². The lowest BCUT2D eigenvalue weighted by Crippen LogP contribution is -2.41. The van der Waals surface area contributed by atoms with Crippen molar-refractivity contribution < 1.29 is 18.7 Å². The van der Waals surface area contributed by atoms with Crippen LogP contribution in [0.4, 0.5) is 4.39 Å². The molecule has 0 aliphatic heterocycles. The lowest BCUT2D eigenvalue weighted by Gasteiger charge is -2.27. The number of para-hydroxylation sites is 1. The Morgan fingerprint density at radius 1 is 1.19 bits per heavy atom. The summed E-state index contributed by atoms with van der Waals surface area (Å²) in [5.74, 6) is 0.418. The van der Waals surface area contributed by atoms with E-state index in [0.29, 0.717) is 12.3 Å². The maximum atomic E-state index is 13.2. The van der Waals surface area contributed by atoms with Crippen molar-refractivity contribution in [3.63, 3.8) is 0 Å². The van der Waals surface area contributed by atoms with Crippen LogP contribution in [0, 0.1) is 5.82 Å². The number of nitrogens with zero attached hydrogens (tertiary/aromatic N) is 1. The topological polar surface area (TPSA) is 50.8 Å². The molecule has 2 atom stereocenters. The first kappa shape index (κ1) is 19.7. The monoisotopic (exact) mass is 360 g/mol. The normalized spacial score (nSPS) is 13.2. The molecule has 26 heavy (non-hydrogen) atoms. The molecule has 0 aliphatic carbocycles. The first-order chi connectivity index (χ1) is 12.4. The summed E-state index contributed by atoms with van der Waals surface area (Å²) in [6, 6.07) is 13.4. The number of ether oxygens (including phenoxy) is 2. The number of benzene rings is 2. The fraction of sp³-hybridized carbons (Fsp3) is 0.350. The minimum absolute atomic E-state index is 0.0588. The summed E-state index contributed by atoms with van der Waals surface area (Å²) in [4.78, 5) is 14.4. The number of methoxy groups -OCH3 is 1. The summed E-state index contributed by atoms with van der Waals surface area (Å²) in [7, 11) is 5.50. The molecule has 0 fully saturated rings. The fourth-order valence-corrected chi connectivity index (χ4v) is 2.65. The van der Waals surface area contributed by atoms with Crippen LogP contribution in [-0.2, 0) is 4.79 Å². The van der Waals surface area contributed by atoms with E-state index in [9.17, 15) is 9.18 Å². The summed E-state index contributed by atoms with van der Waals surface area (Å²) >= 11 is 0. The molecule has 0 aliphatic rings. The number of carbonyl (C=O) groups is 1. The molecule has 2 aromatic rings. The highest BCUT2D eigenvalue weighted by Crippen LogP contribution is 2.27. The zero-order valence-corrected chi connectivity index (χ0v) is 15.5. The van der Waals surface area contributed by atoms with E-state index in [0.717, 1.165) is 11.3 Å². The summed E-state index contributed by atoms with van der Waals surface area (Å²) in [6.07, 6.45) is -0.739. The highest BCUT2D eigenvalue weighted by atomic mass is 19.1. The van der Waals surface area contributed by atoms with E-state index >= 15 is 0 Å². The van der Waals surface area contributed by atoms with Gasteiger partial charge in [-0.1, -0.05) is 24.3 Å². The molecule has 0 spiro atoms. The molecule has 0 bridgehead atoms. The second-order valence-corrected chi connectivity index (χ2v) is 6.18. The number of hydrogen-bond acceptors (Lipinski definition) is 4. The molecule has 2 aromatic carbocycles. The van der Waals surface area contributed by atoms with Crippen molar-refractivity contribution in [2.24, 2.45) is 0 Å². The average Bonchev–Trinajstić information content (AvgIpc) is 2.61. The van der Waals surface area contributed by atoms with E-state index in [-0.39, 0.29) is 11.9 Å². The molecule has 0 unspecified atom stereocenters. The van der Waals surface area contributed by atoms with Gasteiger partial charge in [0, 0.05) is 18.2 Å². The van der Waals surface area contributed by atoms with Gasteiger partial charge in [0.25, 0.3) is 5.91 Å². The average molecular weight is 360 g/mol. The van der Waals surface area contributed by atoms with Crippen molar-refractivity contribution in [2.45, 2.75) is 19.1 Å². The van der Waals surface area contributed by atoms with Gasteiger partial charge in [0.05, 0.1) is 13.2 Å². The van der Waals surface area contributed by atoms with Gasteiger partial charge in [-0.05, 0) is 39.2 Å². The van der Waals surface area contributed by atoms with Crippen molar-refractivity contribution >= 4 is 5.91 Å². The third-order valence-electron chi connectivity index (χ3n) is 4.07. The quantitative estimate of drug-likeness (QED) is 0.786. The summed E-state index contributed by atoms with van der Waals surface area (Å²) < 4.78 is 24.2. The van der Waals surface area contributed by atoms with E-state index in [1.54, 1.807) is 26.2 Å². The van der Waals surface area contributed by atoms with Gasteiger partial charge in [-0.25, -0.2) is 4.39 Å². The van der Waals surface area contributed by atoms with E-state index < -0.39 is 11.9 Å². The van der Waals surface area contributed by atoms with Gasteiger partial charge >= 0.3 is 0 Å². The van der Waals surface area contributed by atoms with Gasteiger partial charge in [0.1, 0.15) is 17.3 Å². The zero-order valence-electron chi connectivity index (χ0n) is 15.5. The summed E-state index contributed by atoms with van der Waals surface area (Å²) in [5.41, 5.74) is 0.985. The minimum atomic E-state index is -0.739. The van der Waals surface area contributed by atoms with Crippen LogP contribution in [-0.4, -0.2) is 44.7 Å². The Morgan fingerprint density at radius 2 is 1.92 bits per heavy atom. The largest absolute Gasteiger partial charge is 0.496 e. The lowest BCUT2D eigenvalue weighted by molar-refractivity contribution is -0.127. The first-order valence-corrected chi connectivity index (χ1v) is 8.41. The Kier molecular flexibility index (Phi) is 6.97. The van der Waals surface area contributed by atoms with Crippen molar-refractivity contribution in [1.82, 2.24) is 10.2 Å². The van der Waals surface area contributed by atoms with Crippen LogP contribution in [0.1, 0.15) is 18.5 Å². The van der Waals surface area contributed by atoms with Gasteiger partial charge in [0.2, 0.25) is 0 Å². The molecule has 5 nitrogen and oxygen atoms in total. The number of nitrogens with one attached hydrogen (secondary N) is 1. The van der Waals surface area contributed by atoms with Crippen LogP contribution in [0.5, 0.6) is 11.5 Å². The summed E-state index contributed by atoms with van der Waals surface area (Å²) in [6.45, 7) is 2.02. The predicted octanol–water partition coefficient (Wildman–Crippen LogP) is 3.02. The first-order valence-electron chi connectivity index (χ1n) is 8.41. The van der Waals surface area contributed by atoms with Crippen LogP contribution in [0.3, 0.4) is 0 Å². The molecule has 0 heterocycles. The SMILES string of the molecule is COc1ccccc1[C@@H](CNC(=O)[C@@H](C)Oc1cccc(F)c1)N(C)C. The second-order valence-electron chi connectivity index (χ2n) is 6.18. The number of halogens is 1. The van der Waals surface area contributed by atoms with Crippen LogP contribution in [0.2, 0.25) is 0 Å². The molecule has 0 aromatic heterocycles. The van der Waals surface area contributed by atoms with Crippen molar-refractivity contribution in [2.75, 3.05) is 27.7 Å². The Balaban J connectivity index is 2.00. The van der Waals surface area contributed by atoms with Crippen LogP contribution < -0.4 is 14.8 Å². The standard InChI is InChI=1S/C20H25FN2O3/c1-14(26-16-9-7-8-15(21)12-16)20(24)22-13-18(23(2)3)17-10-5-6-11-19(17)25-4/h5-12,14,18H,13H2,1-4H3,(H,22,24)/t14-,18-/m1/s1. The highest BCUT2D eigenvalue weighted by molar-refractivity contribution is 5.80. The van der Waals surface area contributed by atoms with Gasteiger partial charge < -0.3 is 19.7 Å². The Morgan fingerprint density at radius 3 is 2.58 bits per heavy atom. The molecule has 0 radical (unpaired) electrons. The molecular weight excluding hydrogens is 335 g/mol. The van der Waals surface area contributed by atoms with Gasteiger partial charge in [0.15, 0.2) is 6.10 Å². The van der Waals surface area contributed by atoms with Gasteiger partial charge in [-0.3, -0.25) is 4.79 Å². The number of likely N-dealkylation sites (N-methyl/N-ethyl adjacent to an activating group) is 1. The third-order valence-corrected chi connectivity index (χ3v) is 4.07. The number of amides is 1. The van der Waals surface area contributed by atoms with E-state index in [2.05, 4.69) is 5.32 Å². The van der Waals surface area contributed by atoms with Crippen molar-refractivity contribution in [1.29, 1.82) is 0 Å². The number of hydrogen-bond donors (Lipinski definition) is 1. The Hall–Kier alpha value is -2.60. The maximum Gasteiger partial charge on any atom is 0.260 e. The molecule has 0 saturated heterocycles. The van der Waals surface area contributed by atoms with Gasteiger partial charge in [-0.2, -0.15) is 0 Å². The molecule has 1 N–H and O–H groups in total. The van der Waals surface area contributed by atoms with E-state index in [4.69, 9.17) is 9.47 Å². The van der Waals surface area contributed by atoms with Crippen LogP contribution in [0.15, 0.2) is 48.5 Å². The molecule has 1 amide bonds. The van der Waals surface area contributed by atoms with Crippen LogP contribution in [0.25, 0.3) is 0 Å². The summed E-state index contributed by atoms with van der Waals surface area (Å²) in [5, 5.41) is 2.89. The van der Waals surface area contributed by atoms with Gasteiger partial charge in [-0.15, -0.1) is 0 Å². The number of carbonyl (C=O) groups excluding carboxylic acids is 1. The lowest BCUT2D eigenvalue weighted by atomic mass is 10.0. The zero-order chi connectivity index (χ0) is 19.1. The Labute approximate surface area is 153 Å². The smallest absolute Gasteiger partial charge is 0.260 e. The maximum absolute atomic E-state index is 13.2. The molecule has 140 valence electrons. The predicted molar refractivity (Wildman–Crippen MR) is 98.9 cm³/mol. The minimum Gasteiger partial charge on any atom is -0.496 e. The molecule has 2 rings (SSSR count). The molecule has 0 saturated carbocycles. The van der Waals surface area contributed by atoms with Crippen LogP contribution >= 0.6 is 0 Å².